The molecule has 0 fully saturated rings. The van der Waals surface area contributed by atoms with Crippen LogP contribution in [0, 0.1) is 29.1 Å². The van der Waals surface area contributed by atoms with Crippen LogP contribution < -0.4 is 5.73 Å². The zero-order valence-electron chi connectivity index (χ0n) is 7.87. The van der Waals surface area contributed by atoms with E-state index in [2.05, 4.69) is 5.73 Å². The third kappa shape index (κ3) is 2.04. The largest absolute Gasteiger partial charge is 0.349 e. The molecule has 0 bridgehead atoms. The Morgan fingerprint density at radius 2 is 1.31 bits per heavy atom. The van der Waals surface area contributed by atoms with Crippen molar-refractivity contribution in [2.75, 3.05) is 0 Å². The van der Waals surface area contributed by atoms with Crippen LogP contribution in [0.25, 0.3) is 0 Å². The second kappa shape index (κ2) is 4.56. The molecule has 0 saturated carbocycles. The molecule has 0 spiro atoms. The highest BCUT2D eigenvalue weighted by atomic mass is 19.2. The SMILES string of the molecule is [NH3+][C@H](C=O)Cc1c(F)c(F)c(F)c(F)c1F. The molecule has 0 aromatic heterocycles. The average Bonchev–Trinajstić information content (AvgIpc) is 2.29. The van der Waals surface area contributed by atoms with Gasteiger partial charge in [0.25, 0.3) is 0 Å². The van der Waals surface area contributed by atoms with Crippen molar-refractivity contribution >= 4 is 6.29 Å². The molecule has 3 N–H and O–H groups in total. The molecule has 1 aromatic carbocycles. The lowest BCUT2D eigenvalue weighted by Gasteiger charge is -2.07. The lowest BCUT2D eigenvalue weighted by Crippen LogP contribution is -2.63. The van der Waals surface area contributed by atoms with E-state index in [0.29, 0.717) is 0 Å². The standard InChI is InChI=1S/C9H6F5NO/c10-5-4(1-3(15)2-16)6(11)8(13)9(14)7(5)12/h2-3H,1,15H2/p+1/t3-/m0/s1. The van der Waals surface area contributed by atoms with Crippen LogP contribution in [0.5, 0.6) is 0 Å². The van der Waals surface area contributed by atoms with E-state index >= 15 is 0 Å². The van der Waals surface area contributed by atoms with Gasteiger partial charge in [0.15, 0.2) is 29.6 Å². The molecule has 0 aliphatic carbocycles. The Hall–Kier alpha value is -1.50. The lowest BCUT2D eigenvalue weighted by atomic mass is 10.1. The first-order valence-electron chi connectivity index (χ1n) is 4.18. The van der Waals surface area contributed by atoms with Crippen molar-refractivity contribution in [2.24, 2.45) is 0 Å². The van der Waals surface area contributed by atoms with Gasteiger partial charge in [-0.1, -0.05) is 0 Å². The predicted molar refractivity (Wildman–Crippen MR) is 42.7 cm³/mol. The normalized spacial score (nSPS) is 12.6. The van der Waals surface area contributed by atoms with Crippen molar-refractivity contribution < 1.29 is 32.5 Å². The van der Waals surface area contributed by atoms with E-state index in [4.69, 9.17) is 0 Å². The fraction of sp³-hybridized carbons (Fsp3) is 0.222. The summed E-state index contributed by atoms with van der Waals surface area (Å²) in [5.41, 5.74) is 2.15. The van der Waals surface area contributed by atoms with Crippen molar-refractivity contribution in [2.45, 2.75) is 12.5 Å². The fourth-order valence-electron chi connectivity index (χ4n) is 1.14. The Bertz CT molecular complexity index is 405. The molecule has 0 heterocycles. The third-order valence-electron chi connectivity index (χ3n) is 1.96. The summed E-state index contributed by atoms with van der Waals surface area (Å²) in [5.74, 6) is -10.1. The van der Waals surface area contributed by atoms with Crippen LogP contribution in [0.2, 0.25) is 0 Å². The molecular weight excluding hydrogens is 233 g/mol. The quantitative estimate of drug-likeness (QED) is 0.360. The number of quaternary nitrogens is 1. The van der Waals surface area contributed by atoms with E-state index < -0.39 is 47.1 Å². The number of hydrogen-bond acceptors (Lipinski definition) is 1. The van der Waals surface area contributed by atoms with Crippen LogP contribution in [0.4, 0.5) is 22.0 Å². The fourth-order valence-corrected chi connectivity index (χ4v) is 1.14. The molecule has 16 heavy (non-hydrogen) atoms. The van der Waals surface area contributed by atoms with Gasteiger partial charge in [-0.15, -0.1) is 0 Å². The Kier molecular flexibility index (Phi) is 3.58. The summed E-state index contributed by atoms with van der Waals surface area (Å²) in [6.07, 6.45) is -0.382. The average molecular weight is 240 g/mol. The van der Waals surface area contributed by atoms with Gasteiger partial charge < -0.3 is 5.73 Å². The van der Waals surface area contributed by atoms with E-state index in [9.17, 15) is 26.7 Å². The smallest absolute Gasteiger partial charge is 0.200 e. The number of hydrogen-bond donors (Lipinski definition) is 1. The van der Waals surface area contributed by atoms with Crippen molar-refractivity contribution in [3.8, 4) is 0 Å². The Morgan fingerprint density at radius 3 is 1.69 bits per heavy atom. The topological polar surface area (TPSA) is 44.7 Å². The Balaban J connectivity index is 3.33. The van der Waals surface area contributed by atoms with Gasteiger partial charge in [0, 0.05) is 12.0 Å². The molecule has 2 nitrogen and oxygen atoms in total. The number of carbonyl (C=O) groups excluding carboxylic acids is 1. The van der Waals surface area contributed by atoms with Crippen molar-refractivity contribution in [1.29, 1.82) is 0 Å². The van der Waals surface area contributed by atoms with Crippen LogP contribution in [0.1, 0.15) is 5.56 Å². The van der Waals surface area contributed by atoms with E-state index in [-0.39, 0.29) is 6.29 Å². The van der Waals surface area contributed by atoms with E-state index in [0.717, 1.165) is 0 Å². The summed E-state index contributed by atoms with van der Waals surface area (Å²) in [6.45, 7) is 0. The highest BCUT2D eigenvalue weighted by Crippen LogP contribution is 2.23. The molecule has 0 unspecified atom stereocenters. The van der Waals surface area contributed by atoms with Crippen molar-refractivity contribution in [1.82, 2.24) is 0 Å². The summed E-state index contributed by atoms with van der Waals surface area (Å²) in [6, 6.07) is -1.08. The van der Waals surface area contributed by atoms with Crippen LogP contribution >= 0.6 is 0 Å². The molecule has 1 rings (SSSR count). The molecule has 0 amide bonds. The number of rotatable bonds is 3. The molecule has 88 valence electrons. The van der Waals surface area contributed by atoms with Gasteiger partial charge >= 0.3 is 0 Å². The molecule has 0 aliphatic heterocycles. The highest BCUT2D eigenvalue weighted by molar-refractivity contribution is 5.55. The minimum atomic E-state index is -2.22. The maximum absolute atomic E-state index is 13.0. The molecular formula is C9H7F5NO+. The second-order valence-electron chi connectivity index (χ2n) is 3.15. The summed E-state index contributed by atoms with van der Waals surface area (Å²) < 4.78 is 64.0. The molecule has 0 aliphatic rings. The molecule has 0 saturated heterocycles. The van der Waals surface area contributed by atoms with Gasteiger partial charge in [0.1, 0.15) is 6.04 Å². The summed E-state index contributed by atoms with van der Waals surface area (Å²) in [5, 5.41) is 0. The third-order valence-corrected chi connectivity index (χ3v) is 1.96. The van der Waals surface area contributed by atoms with Crippen LogP contribution in [-0.2, 0) is 11.2 Å². The monoisotopic (exact) mass is 240 g/mol. The van der Waals surface area contributed by atoms with Crippen molar-refractivity contribution in [3.05, 3.63) is 34.6 Å². The van der Waals surface area contributed by atoms with E-state index in [1.54, 1.807) is 0 Å². The molecule has 1 aromatic rings. The Labute approximate surface area is 86.9 Å². The molecule has 0 radical (unpaired) electrons. The molecule has 7 heteroatoms. The van der Waals surface area contributed by atoms with E-state index in [1.807, 2.05) is 0 Å². The van der Waals surface area contributed by atoms with Gasteiger partial charge in [0.05, 0.1) is 0 Å². The maximum Gasteiger partial charge on any atom is 0.200 e. The van der Waals surface area contributed by atoms with Crippen LogP contribution in [-0.4, -0.2) is 12.3 Å². The predicted octanol–water partition coefficient (Wildman–Crippen LogP) is 0.734. The minimum absolute atomic E-state index is 0.262. The summed E-state index contributed by atoms with van der Waals surface area (Å²) >= 11 is 0. The highest BCUT2D eigenvalue weighted by Gasteiger charge is 2.27. The van der Waals surface area contributed by atoms with Crippen LogP contribution in [0.3, 0.4) is 0 Å². The number of aldehydes is 1. The first-order valence-corrected chi connectivity index (χ1v) is 4.18. The number of carbonyl (C=O) groups is 1. The van der Waals surface area contributed by atoms with Gasteiger partial charge in [-0.2, -0.15) is 0 Å². The maximum atomic E-state index is 13.0. The molecule has 1 atom stereocenters. The van der Waals surface area contributed by atoms with E-state index in [1.165, 1.54) is 0 Å². The van der Waals surface area contributed by atoms with Gasteiger partial charge in [-0.05, 0) is 0 Å². The zero-order valence-corrected chi connectivity index (χ0v) is 7.87. The summed E-state index contributed by atoms with van der Waals surface area (Å²) in [4.78, 5) is 10.2. The van der Waals surface area contributed by atoms with Gasteiger partial charge in [-0.25, -0.2) is 22.0 Å². The minimum Gasteiger partial charge on any atom is -0.349 e. The Morgan fingerprint density at radius 1 is 0.938 bits per heavy atom. The first kappa shape index (κ1) is 12.6. The van der Waals surface area contributed by atoms with Crippen LogP contribution in [0.15, 0.2) is 0 Å². The summed E-state index contributed by atoms with van der Waals surface area (Å²) in [7, 11) is 0. The van der Waals surface area contributed by atoms with Crippen molar-refractivity contribution in [3.63, 3.8) is 0 Å². The number of halogens is 5. The number of benzene rings is 1. The first-order chi connectivity index (χ1) is 7.40. The second-order valence-corrected chi connectivity index (χ2v) is 3.15. The zero-order chi connectivity index (χ0) is 12.5. The lowest BCUT2D eigenvalue weighted by molar-refractivity contribution is -0.399. The van der Waals surface area contributed by atoms with Gasteiger partial charge in [-0.3, -0.25) is 4.79 Å². The van der Waals surface area contributed by atoms with Gasteiger partial charge in [0.2, 0.25) is 5.82 Å².